The molecule has 2 N–H and O–H groups in total. The summed E-state index contributed by atoms with van der Waals surface area (Å²) in [5, 5.41) is 12.2. The zero-order valence-electron chi connectivity index (χ0n) is 23.7. The normalized spacial score (nSPS) is 30.1. The van der Waals surface area contributed by atoms with E-state index < -0.39 is 0 Å². The van der Waals surface area contributed by atoms with Gasteiger partial charge >= 0.3 is 5.97 Å². The van der Waals surface area contributed by atoms with Gasteiger partial charge in [-0.2, -0.15) is 0 Å². The number of phenolic OH excluding ortho intramolecular Hbond substituents is 1. The highest BCUT2D eigenvalue weighted by atomic mass is 16.5. The van der Waals surface area contributed by atoms with Crippen LogP contribution < -0.4 is 10.1 Å². The van der Waals surface area contributed by atoms with E-state index in [2.05, 4.69) is 17.1 Å². The number of esters is 1. The van der Waals surface area contributed by atoms with Crippen LogP contribution in [0, 0.1) is 6.92 Å². The number of hydrogen-bond acceptors (Lipinski definition) is 7. The van der Waals surface area contributed by atoms with E-state index in [1.54, 1.807) is 19.2 Å². The van der Waals surface area contributed by atoms with Crippen molar-refractivity contribution in [3.63, 3.8) is 0 Å². The number of nitrogens with zero attached hydrogens (tertiary/aromatic N) is 1. The van der Waals surface area contributed by atoms with Crippen LogP contribution in [0.5, 0.6) is 11.5 Å². The molecule has 7 heteroatoms. The number of methoxy groups -OCH3 is 1. The first-order valence-electron chi connectivity index (χ1n) is 14.3. The second-order valence-corrected chi connectivity index (χ2v) is 12.2. The zero-order chi connectivity index (χ0) is 28.2. The maximum Gasteiger partial charge on any atom is 0.336 e. The molecule has 210 valence electrons. The van der Waals surface area contributed by atoms with Gasteiger partial charge in [-0.1, -0.05) is 30.3 Å². The lowest BCUT2D eigenvalue weighted by molar-refractivity contribution is -0.174. The van der Waals surface area contributed by atoms with E-state index >= 15 is 0 Å². The van der Waals surface area contributed by atoms with Crippen molar-refractivity contribution in [2.24, 2.45) is 0 Å². The second-order valence-electron chi connectivity index (χ2n) is 12.2. The summed E-state index contributed by atoms with van der Waals surface area (Å²) in [5.74, 6) is 1.07. The maximum absolute atomic E-state index is 13.1. The first kappa shape index (κ1) is 26.6. The number of aryl methyl sites for hydroxylation is 1. The largest absolute Gasteiger partial charge is 0.508 e. The third-order valence-corrected chi connectivity index (χ3v) is 9.44. The van der Waals surface area contributed by atoms with Gasteiger partial charge in [0.15, 0.2) is 5.78 Å². The van der Waals surface area contributed by atoms with Crippen molar-refractivity contribution in [2.75, 3.05) is 7.11 Å². The number of Topliss-reactive ketones (excluding diaryl/α,β-unsaturated/α-hetero) is 1. The van der Waals surface area contributed by atoms with Crippen molar-refractivity contribution >= 4 is 11.8 Å². The molecule has 0 aromatic heterocycles. The van der Waals surface area contributed by atoms with E-state index in [4.69, 9.17) is 14.6 Å². The molecule has 0 spiro atoms. The van der Waals surface area contributed by atoms with Crippen molar-refractivity contribution in [1.29, 1.82) is 0 Å². The summed E-state index contributed by atoms with van der Waals surface area (Å²) >= 11 is 0. The highest BCUT2D eigenvalue weighted by Gasteiger charge is 2.67. The molecule has 40 heavy (non-hydrogen) atoms. The van der Waals surface area contributed by atoms with E-state index in [1.165, 1.54) is 6.42 Å². The van der Waals surface area contributed by atoms with E-state index in [0.717, 1.165) is 53.1 Å². The molecule has 0 amide bonds. The van der Waals surface area contributed by atoms with Crippen molar-refractivity contribution in [3.8, 4) is 11.5 Å². The predicted octanol–water partition coefficient (Wildman–Crippen LogP) is 5.28. The molecule has 7 nitrogen and oxygen atoms in total. The summed E-state index contributed by atoms with van der Waals surface area (Å²) in [7, 11) is 1.66. The molecule has 0 radical (unpaired) electrons. The summed E-state index contributed by atoms with van der Waals surface area (Å²) in [6.07, 6.45) is 4.81. The van der Waals surface area contributed by atoms with Gasteiger partial charge < -0.3 is 19.9 Å². The molecule has 4 heterocycles. The first-order valence-corrected chi connectivity index (χ1v) is 14.3. The molecular weight excluding hydrogens is 504 g/mol. The van der Waals surface area contributed by atoms with Crippen LogP contribution in [0.25, 0.3) is 0 Å². The number of benzene rings is 2. The molecule has 1 aliphatic carbocycles. The third kappa shape index (κ3) is 4.60. The van der Waals surface area contributed by atoms with Crippen molar-refractivity contribution in [1.82, 2.24) is 10.2 Å². The summed E-state index contributed by atoms with van der Waals surface area (Å²) < 4.78 is 11.5. The van der Waals surface area contributed by atoms with Gasteiger partial charge in [-0.15, -0.1) is 0 Å². The number of hydrogen-bond donors (Lipinski definition) is 2. The number of allylic oxidation sites excluding steroid dienone is 3. The number of carbonyl (C=O) groups excluding carboxylic acids is 2. The van der Waals surface area contributed by atoms with Crippen LogP contribution in [-0.4, -0.2) is 52.6 Å². The number of dihydropyridines is 1. The highest BCUT2D eigenvalue weighted by Crippen LogP contribution is 2.58. The lowest BCUT2D eigenvalue weighted by atomic mass is 9.69. The molecule has 1 unspecified atom stereocenters. The number of carbonyl (C=O) groups is 2. The van der Waals surface area contributed by atoms with E-state index in [1.807, 2.05) is 50.2 Å². The Kier molecular flexibility index (Phi) is 6.73. The van der Waals surface area contributed by atoms with Crippen LogP contribution in [0.15, 0.2) is 71.1 Å². The molecular formula is C33H38N2O5. The second kappa shape index (κ2) is 10.1. The standard InChI is InChI=1S/C26H30N2O4.C7H8O/c1-14-18(25(30)32-24-10-16-12-26(2)13-21(24)28(16)26)11-19-20(27-14)8-15(9-22(19)29)17-6-4-5-7-23(17)31-3;1-6-3-2-4-7(8)5-6/h4-7,15-16,21,24,27H,8-13H2,1-3H3;2-5,8H,1H3/t15-,16-,21-,24-,26?;/m1./s1. The average Bonchev–Trinajstić information content (AvgIpc) is 3.04. The van der Waals surface area contributed by atoms with Crippen LogP contribution in [0.2, 0.25) is 0 Å². The fraction of sp³-hybridized carbons (Fsp3) is 0.455. The number of nitrogens with one attached hydrogen (secondary N) is 1. The molecule has 3 saturated heterocycles. The molecule has 2 aromatic carbocycles. The summed E-state index contributed by atoms with van der Waals surface area (Å²) in [5.41, 5.74) is 5.58. The minimum absolute atomic E-state index is 0.0178. The molecule has 5 aliphatic rings. The minimum atomic E-state index is -0.262. The topological polar surface area (TPSA) is 88.1 Å². The zero-order valence-corrected chi connectivity index (χ0v) is 23.7. The molecule has 5 atom stereocenters. The van der Waals surface area contributed by atoms with Crippen molar-refractivity contribution in [2.45, 2.75) is 88.9 Å². The molecule has 4 aliphatic heterocycles. The summed E-state index contributed by atoms with van der Waals surface area (Å²) in [6.45, 7) is 6.17. The Balaban J connectivity index is 0.000000313. The number of phenols is 1. The van der Waals surface area contributed by atoms with Gasteiger partial charge in [-0.05, 0) is 69.4 Å². The number of ether oxygens (including phenoxy) is 2. The number of rotatable bonds is 4. The van der Waals surface area contributed by atoms with Gasteiger partial charge in [0.2, 0.25) is 0 Å². The smallest absolute Gasteiger partial charge is 0.336 e. The molecule has 0 saturated carbocycles. The van der Waals surface area contributed by atoms with Gasteiger partial charge in [-0.25, -0.2) is 4.79 Å². The van der Waals surface area contributed by atoms with Crippen LogP contribution in [0.1, 0.15) is 69.4 Å². The lowest BCUT2D eigenvalue weighted by Gasteiger charge is -2.65. The Bertz CT molecular complexity index is 1410. The van der Waals surface area contributed by atoms with Gasteiger partial charge in [0.05, 0.1) is 12.7 Å². The van der Waals surface area contributed by atoms with Crippen LogP contribution in [-0.2, 0) is 14.3 Å². The highest BCUT2D eigenvalue weighted by molar-refractivity contribution is 6.01. The first-order chi connectivity index (χ1) is 19.2. The molecule has 7 rings (SSSR count). The fourth-order valence-corrected chi connectivity index (χ4v) is 7.58. The summed E-state index contributed by atoms with van der Waals surface area (Å²) in [6, 6.07) is 16.0. The van der Waals surface area contributed by atoms with Crippen molar-refractivity contribution in [3.05, 3.63) is 82.2 Å². The Morgan fingerprint density at radius 3 is 2.58 bits per heavy atom. The number of para-hydroxylation sites is 1. The third-order valence-electron chi connectivity index (χ3n) is 9.44. The van der Waals surface area contributed by atoms with E-state index in [0.29, 0.717) is 41.8 Å². The fourth-order valence-electron chi connectivity index (χ4n) is 7.58. The monoisotopic (exact) mass is 542 g/mol. The number of ketones is 1. The van der Waals surface area contributed by atoms with E-state index in [9.17, 15) is 9.59 Å². The van der Waals surface area contributed by atoms with Crippen LogP contribution in [0.4, 0.5) is 0 Å². The Morgan fingerprint density at radius 2 is 1.90 bits per heavy atom. The Hall–Kier alpha value is -3.58. The Morgan fingerprint density at radius 1 is 1.10 bits per heavy atom. The molecule has 3 fully saturated rings. The Labute approximate surface area is 235 Å². The average molecular weight is 543 g/mol. The maximum atomic E-state index is 13.1. The summed E-state index contributed by atoms with van der Waals surface area (Å²) in [4.78, 5) is 28.7. The quantitative estimate of drug-likeness (QED) is 0.508. The van der Waals surface area contributed by atoms with Gasteiger partial charge in [0.25, 0.3) is 0 Å². The van der Waals surface area contributed by atoms with Gasteiger partial charge in [0, 0.05) is 59.8 Å². The van der Waals surface area contributed by atoms with Crippen LogP contribution >= 0.6 is 0 Å². The van der Waals surface area contributed by atoms with Crippen molar-refractivity contribution < 1.29 is 24.2 Å². The van der Waals surface area contributed by atoms with Gasteiger partial charge in [-0.3, -0.25) is 9.69 Å². The number of piperidine rings is 1. The molecule has 2 aromatic rings. The van der Waals surface area contributed by atoms with Crippen LogP contribution in [0.3, 0.4) is 0 Å². The molecule has 0 bridgehead atoms. The van der Waals surface area contributed by atoms with Gasteiger partial charge in [0.1, 0.15) is 17.6 Å². The predicted molar refractivity (Wildman–Crippen MR) is 152 cm³/mol. The number of aromatic hydroxyl groups is 1. The SMILES string of the molecule is COc1ccccc1[C@H]1CC(=O)C2=C(C1)NC(C)=C(C(=O)O[C@@H]1C[C@@H]3CC4(C)C[C@H]1N34)C2.Cc1cccc(O)c1. The minimum Gasteiger partial charge on any atom is -0.508 e. The lowest BCUT2D eigenvalue weighted by Crippen LogP contribution is -2.74. The van der Waals surface area contributed by atoms with E-state index in [-0.39, 0.29) is 23.8 Å².